The molecule has 0 aliphatic carbocycles. The van der Waals surface area contributed by atoms with Gasteiger partial charge in [0.15, 0.2) is 46.0 Å². The average molecular weight is 1150 g/mol. The minimum Gasteiger partial charge on any atom is -0.504 e. The van der Waals surface area contributed by atoms with Crippen molar-refractivity contribution >= 4 is 68.8 Å². The van der Waals surface area contributed by atoms with E-state index in [2.05, 4.69) is 42.5 Å². The van der Waals surface area contributed by atoms with Crippen molar-refractivity contribution in [3.63, 3.8) is 0 Å². The molecule has 4 aromatic rings. The summed E-state index contributed by atoms with van der Waals surface area (Å²) in [6.45, 7) is -0.590. The first-order valence-electron chi connectivity index (χ1n) is 25.1. The normalized spacial score (nSPS) is 12.4. The molecule has 0 fully saturated rings. The van der Waals surface area contributed by atoms with Gasteiger partial charge < -0.3 is 94.9 Å². The third-order valence-electron chi connectivity index (χ3n) is 11.8. The second kappa shape index (κ2) is 33.2. The Hall–Kier alpha value is -8.34. The van der Waals surface area contributed by atoms with Crippen molar-refractivity contribution in [1.29, 1.82) is 0 Å². The van der Waals surface area contributed by atoms with Crippen molar-refractivity contribution in [2.45, 2.75) is 75.5 Å². The van der Waals surface area contributed by atoms with Crippen molar-refractivity contribution in [3.8, 4) is 46.0 Å². The Kier molecular flexibility index (Phi) is 26.6. The zero-order chi connectivity index (χ0) is 58.7. The fourth-order valence-electron chi connectivity index (χ4n) is 7.19. The highest BCUT2D eigenvalue weighted by Gasteiger charge is 2.26. The van der Waals surface area contributed by atoms with Gasteiger partial charge in [0.05, 0.1) is 25.2 Å². The molecule has 0 aromatic heterocycles. The molecule has 4 rings (SSSR count). The maximum Gasteiger partial charge on any atom is 0.243 e. The van der Waals surface area contributed by atoms with E-state index in [-0.39, 0.29) is 122 Å². The van der Waals surface area contributed by atoms with Gasteiger partial charge in [0.1, 0.15) is 12.1 Å². The van der Waals surface area contributed by atoms with Crippen molar-refractivity contribution in [2.24, 2.45) is 11.5 Å². The number of carbonyl (C=O) groups is 8. The molecule has 0 aliphatic rings. The van der Waals surface area contributed by atoms with Gasteiger partial charge in [0.25, 0.3) is 0 Å². The lowest BCUT2D eigenvalue weighted by Gasteiger charge is -2.20. The van der Waals surface area contributed by atoms with Crippen LogP contribution in [-0.4, -0.2) is 163 Å². The molecule has 26 nitrogen and oxygen atoms in total. The van der Waals surface area contributed by atoms with Crippen molar-refractivity contribution in [2.75, 3.05) is 50.8 Å². The fraction of sp³-hybridized carbons (Fsp3) is 0.385. The molecule has 8 amide bonds. The van der Waals surface area contributed by atoms with Gasteiger partial charge in [-0.1, -0.05) is 45.9 Å². The zero-order valence-corrected chi connectivity index (χ0v) is 45.0. The minimum atomic E-state index is -1.31. The second-order valence-corrected chi connectivity index (χ2v) is 20.7. The number of aromatic hydroxyl groups is 8. The maximum absolute atomic E-state index is 13.6. The Morgan fingerprint density at radius 3 is 0.950 bits per heavy atom. The van der Waals surface area contributed by atoms with Crippen LogP contribution in [0.4, 0.5) is 0 Å². The van der Waals surface area contributed by atoms with Crippen LogP contribution in [0, 0.1) is 0 Å². The van der Waals surface area contributed by atoms with Gasteiger partial charge in [-0.15, -0.1) is 0 Å². The molecule has 4 aromatic carbocycles. The summed E-state index contributed by atoms with van der Waals surface area (Å²) in [5.41, 5.74) is 14.6. The van der Waals surface area contributed by atoms with Crippen LogP contribution in [-0.2, 0) is 64.0 Å². The fourth-order valence-corrected chi connectivity index (χ4v) is 9.51. The molecule has 0 saturated heterocycles. The Balaban J connectivity index is 1.36. The highest BCUT2D eigenvalue weighted by atomic mass is 33.1. The molecular weight excluding hydrogens is 1080 g/mol. The molecule has 0 bridgehead atoms. The highest BCUT2D eigenvalue weighted by molar-refractivity contribution is 8.76. The standard InChI is InChI=1S/C52H68N10O16S2/c53-33(49(75)57-19-15-31-3-9-39(65)43(69)23-31)5-11-45(71)61-35(51(77)59-25-47(73)55-17-13-29-1-7-37(63)41(67)21-29)27-79-80-28-36(52(78)60-26-48(74)56-18-14-30-2-8-38(64)42(68)22-30)62-46(72)12-6-34(54)50(76)58-20-16-32-4-10-40(66)44(70)24-32/h1-4,7-10,21-24,33-36,63-70H,5-6,11-20,25-28,53-54H2,(H,55,73)(H,56,74)(H,57,75)(H,58,76)(H,59,77)(H,60,78)(H,61,71)(H,62,72). The summed E-state index contributed by atoms with van der Waals surface area (Å²) in [5, 5.41) is 97.8. The lowest BCUT2D eigenvalue weighted by atomic mass is 10.1. The molecule has 0 aliphatic heterocycles. The van der Waals surface area contributed by atoms with Gasteiger partial charge in [-0.3, -0.25) is 38.4 Å². The van der Waals surface area contributed by atoms with Crippen LogP contribution in [0.15, 0.2) is 72.8 Å². The summed E-state index contributed by atoms with van der Waals surface area (Å²) in [6.07, 6.45) is 0.218. The largest absolute Gasteiger partial charge is 0.504 e. The number of rotatable bonds is 33. The molecule has 0 heterocycles. The van der Waals surface area contributed by atoms with Gasteiger partial charge in [0.2, 0.25) is 47.3 Å². The number of carbonyl (C=O) groups excluding carboxylic acids is 8. The van der Waals surface area contributed by atoms with E-state index in [0.29, 0.717) is 35.1 Å². The van der Waals surface area contributed by atoms with Gasteiger partial charge in [0, 0.05) is 50.5 Å². The average Bonchev–Trinajstić information content (AvgIpc) is 3.42. The molecule has 0 saturated carbocycles. The van der Waals surface area contributed by atoms with Crippen LogP contribution in [0.1, 0.15) is 47.9 Å². The number of nitrogens with two attached hydrogens (primary N) is 2. The van der Waals surface area contributed by atoms with Gasteiger partial charge >= 0.3 is 0 Å². The van der Waals surface area contributed by atoms with E-state index in [1.165, 1.54) is 48.5 Å². The molecule has 434 valence electrons. The highest BCUT2D eigenvalue weighted by Crippen LogP contribution is 2.28. The van der Waals surface area contributed by atoms with Gasteiger partial charge in [-0.2, -0.15) is 0 Å². The van der Waals surface area contributed by atoms with Crippen LogP contribution >= 0.6 is 21.6 Å². The van der Waals surface area contributed by atoms with E-state index in [1.54, 1.807) is 24.3 Å². The number of phenols is 8. The van der Waals surface area contributed by atoms with Gasteiger partial charge in [-0.25, -0.2) is 0 Å². The molecule has 0 spiro atoms. The number of nitrogens with one attached hydrogen (secondary N) is 8. The van der Waals surface area contributed by atoms with Crippen LogP contribution in [0.3, 0.4) is 0 Å². The molecule has 20 N–H and O–H groups in total. The number of phenolic OH excluding ortho intramolecular Hbond substituents is 8. The first-order chi connectivity index (χ1) is 38.1. The van der Waals surface area contributed by atoms with Crippen molar-refractivity contribution < 1.29 is 79.2 Å². The lowest BCUT2D eigenvalue weighted by Crippen LogP contribution is -2.51. The quantitative estimate of drug-likeness (QED) is 0.0152. The molecule has 4 unspecified atom stereocenters. The summed E-state index contributed by atoms with van der Waals surface area (Å²) >= 11 is 0. The number of hydrogen-bond acceptors (Lipinski definition) is 20. The van der Waals surface area contributed by atoms with E-state index in [4.69, 9.17) is 11.5 Å². The third-order valence-corrected chi connectivity index (χ3v) is 14.2. The number of benzene rings is 4. The van der Waals surface area contributed by atoms with Crippen molar-refractivity contribution in [3.05, 3.63) is 95.1 Å². The molecule has 0 radical (unpaired) electrons. The second-order valence-electron chi connectivity index (χ2n) is 18.1. The molecule has 28 heteroatoms. The monoisotopic (exact) mass is 1150 g/mol. The maximum atomic E-state index is 13.6. The third kappa shape index (κ3) is 23.3. The van der Waals surface area contributed by atoms with Crippen LogP contribution < -0.4 is 54.0 Å². The predicted octanol–water partition coefficient (Wildman–Crippen LogP) is -1.13. The summed E-state index contributed by atoms with van der Waals surface area (Å²) in [4.78, 5) is 105. The molecular formula is C52H68N10O16S2. The van der Waals surface area contributed by atoms with Crippen LogP contribution in [0.5, 0.6) is 46.0 Å². The zero-order valence-electron chi connectivity index (χ0n) is 43.4. The molecule has 4 atom stereocenters. The Morgan fingerprint density at radius 1 is 0.375 bits per heavy atom. The first-order valence-corrected chi connectivity index (χ1v) is 27.6. The summed E-state index contributed by atoms with van der Waals surface area (Å²) in [5.74, 6) is -8.20. The Bertz CT molecular complexity index is 2610. The topological polar surface area (TPSA) is 447 Å². The predicted molar refractivity (Wildman–Crippen MR) is 295 cm³/mol. The van der Waals surface area contributed by atoms with Crippen molar-refractivity contribution in [1.82, 2.24) is 42.5 Å². The minimum absolute atomic E-state index is 0.0986. The Morgan fingerprint density at radius 2 is 0.662 bits per heavy atom. The lowest BCUT2D eigenvalue weighted by molar-refractivity contribution is -0.130. The van der Waals surface area contributed by atoms with Crippen LogP contribution in [0.25, 0.3) is 0 Å². The van der Waals surface area contributed by atoms with E-state index in [1.807, 2.05) is 0 Å². The summed E-state index contributed by atoms with van der Waals surface area (Å²) in [7, 11) is 1.99. The summed E-state index contributed by atoms with van der Waals surface area (Å²) in [6, 6.07) is 11.9. The first kappa shape index (κ1) is 64.2. The van der Waals surface area contributed by atoms with Crippen LogP contribution in [0.2, 0.25) is 0 Å². The molecule has 80 heavy (non-hydrogen) atoms. The Labute approximate surface area is 467 Å². The van der Waals surface area contributed by atoms with E-state index < -0.39 is 84.5 Å². The number of hydrogen-bond donors (Lipinski definition) is 18. The van der Waals surface area contributed by atoms with E-state index >= 15 is 0 Å². The summed E-state index contributed by atoms with van der Waals surface area (Å²) < 4.78 is 0. The van der Waals surface area contributed by atoms with E-state index in [9.17, 15) is 79.2 Å². The smallest absolute Gasteiger partial charge is 0.243 e. The van der Waals surface area contributed by atoms with E-state index in [0.717, 1.165) is 21.6 Å². The number of amides is 8. The van der Waals surface area contributed by atoms with Gasteiger partial charge in [-0.05, 0) is 109 Å². The SMILES string of the molecule is NC(CCC(=O)NC(CSSCC(NC(=O)CCC(N)C(=O)NCCc1ccc(O)c(O)c1)C(=O)NCC(=O)NCCc1ccc(O)c(O)c1)C(=O)NCC(=O)NCCc1ccc(O)c(O)c1)C(=O)NCCc1ccc(O)c(O)c1.